The van der Waals surface area contributed by atoms with Crippen molar-refractivity contribution in [3.63, 3.8) is 0 Å². The van der Waals surface area contributed by atoms with E-state index >= 15 is 0 Å². The molecule has 27 heavy (non-hydrogen) atoms. The largest absolute Gasteiger partial charge is 0.396 e. The molecule has 3 rings (SSSR count). The van der Waals surface area contributed by atoms with Crippen LogP contribution in [0.1, 0.15) is 28.8 Å². The number of pyridine rings is 1. The molecule has 0 aliphatic carbocycles. The van der Waals surface area contributed by atoms with Crippen LogP contribution in [-0.2, 0) is 6.42 Å². The molecule has 1 fully saturated rings. The molecule has 0 bridgehead atoms. The minimum atomic E-state index is -0.355. The van der Waals surface area contributed by atoms with E-state index in [1.54, 1.807) is 17.0 Å². The van der Waals surface area contributed by atoms with E-state index in [4.69, 9.17) is 0 Å². The SMILES string of the molecule is O=C(c1ccc[nH]c1=O)N1CCN(CCCc2ccccc2)[C@H](CCO)C1. The van der Waals surface area contributed by atoms with Crippen LogP contribution in [0.25, 0.3) is 0 Å². The summed E-state index contributed by atoms with van der Waals surface area (Å²) in [5.41, 5.74) is 1.15. The Balaban J connectivity index is 1.58. The number of aliphatic hydroxyl groups is 1. The molecule has 1 saturated heterocycles. The van der Waals surface area contributed by atoms with Gasteiger partial charge in [-0.25, -0.2) is 0 Å². The fourth-order valence-electron chi connectivity index (χ4n) is 3.69. The number of carbonyl (C=O) groups excluding carboxylic acids is 1. The molecule has 2 heterocycles. The number of aryl methyl sites for hydroxylation is 1. The summed E-state index contributed by atoms with van der Waals surface area (Å²) in [6.45, 7) is 2.93. The molecule has 0 radical (unpaired) electrons. The van der Waals surface area contributed by atoms with Crippen LogP contribution in [0, 0.1) is 0 Å². The minimum absolute atomic E-state index is 0.0911. The number of amides is 1. The third-order valence-electron chi connectivity index (χ3n) is 5.16. The molecule has 0 unspecified atom stereocenters. The molecule has 144 valence electrons. The first-order chi connectivity index (χ1) is 13.2. The summed E-state index contributed by atoms with van der Waals surface area (Å²) in [6.07, 6.45) is 4.21. The topological polar surface area (TPSA) is 76.6 Å². The molecule has 6 nitrogen and oxygen atoms in total. The van der Waals surface area contributed by atoms with Crippen molar-refractivity contribution in [1.82, 2.24) is 14.8 Å². The van der Waals surface area contributed by atoms with Gasteiger partial charge in [0.25, 0.3) is 11.5 Å². The summed E-state index contributed by atoms with van der Waals surface area (Å²) in [5, 5.41) is 9.44. The van der Waals surface area contributed by atoms with Crippen LogP contribution in [0.3, 0.4) is 0 Å². The Labute approximate surface area is 159 Å². The van der Waals surface area contributed by atoms with Crippen molar-refractivity contribution in [2.24, 2.45) is 0 Å². The van der Waals surface area contributed by atoms with Crippen LogP contribution < -0.4 is 5.56 Å². The highest BCUT2D eigenvalue weighted by atomic mass is 16.3. The van der Waals surface area contributed by atoms with Gasteiger partial charge in [0.1, 0.15) is 5.56 Å². The molecule has 6 heteroatoms. The second-order valence-corrected chi connectivity index (χ2v) is 6.96. The van der Waals surface area contributed by atoms with E-state index in [1.165, 1.54) is 11.8 Å². The van der Waals surface area contributed by atoms with E-state index in [2.05, 4.69) is 34.1 Å². The van der Waals surface area contributed by atoms with Crippen molar-refractivity contribution in [2.75, 3.05) is 32.8 Å². The molecule has 1 aliphatic heterocycles. The number of nitrogens with zero attached hydrogens (tertiary/aromatic N) is 2. The molecular formula is C21H27N3O3. The number of nitrogens with one attached hydrogen (secondary N) is 1. The summed E-state index contributed by atoms with van der Waals surface area (Å²) >= 11 is 0. The van der Waals surface area contributed by atoms with Crippen LogP contribution in [0.5, 0.6) is 0 Å². The Bertz CT molecular complexity index is 791. The maximum absolute atomic E-state index is 12.7. The van der Waals surface area contributed by atoms with Gasteiger partial charge in [-0.3, -0.25) is 14.5 Å². The van der Waals surface area contributed by atoms with E-state index in [-0.39, 0.29) is 29.7 Å². The molecule has 0 spiro atoms. The van der Waals surface area contributed by atoms with E-state index < -0.39 is 0 Å². The summed E-state index contributed by atoms with van der Waals surface area (Å²) in [5.74, 6) is -0.233. The number of hydrogen-bond donors (Lipinski definition) is 2. The van der Waals surface area contributed by atoms with Crippen LogP contribution in [0.2, 0.25) is 0 Å². The van der Waals surface area contributed by atoms with Crippen molar-refractivity contribution < 1.29 is 9.90 Å². The molecule has 1 amide bonds. The van der Waals surface area contributed by atoms with E-state index in [9.17, 15) is 14.7 Å². The number of H-pyrrole nitrogens is 1. The number of rotatable bonds is 7. The quantitative estimate of drug-likeness (QED) is 0.776. The lowest BCUT2D eigenvalue weighted by molar-refractivity contribution is 0.0417. The average Bonchev–Trinajstić information content (AvgIpc) is 2.70. The zero-order valence-electron chi connectivity index (χ0n) is 15.5. The predicted molar refractivity (Wildman–Crippen MR) is 105 cm³/mol. The molecule has 2 aromatic rings. The highest BCUT2D eigenvalue weighted by Crippen LogP contribution is 2.16. The second-order valence-electron chi connectivity index (χ2n) is 6.96. The van der Waals surface area contributed by atoms with Crippen molar-refractivity contribution in [3.8, 4) is 0 Å². The fourth-order valence-corrected chi connectivity index (χ4v) is 3.69. The van der Waals surface area contributed by atoms with Crippen LogP contribution in [0.4, 0.5) is 0 Å². The standard InChI is InChI=1S/C21H27N3O3/c25-15-10-18-16-24(21(27)19-9-4-11-22-20(19)26)14-13-23(18)12-5-8-17-6-2-1-3-7-17/h1-4,6-7,9,11,18,25H,5,8,10,12-16H2,(H,22,26)/t18-/m1/s1. The van der Waals surface area contributed by atoms with Gasteiger partial charge < -0.3 is 15.0 Å². The van der Waals surface area contributed by atoms with Gasteiger partial charge in [-0.1, -0.05) is 30.3 Å². The molecule has 1 atom stereocenters. The molecule has 1 aliphatic rings. The maximum atomic E-state index is 12.7. The number of aromatic nitrogens is 1. The van der Waals surface area contributed by atoms with Crippen LogP contribution >= 0.6 is 0 Å². The average molecular weight is 369 g/mol. The van der Waals surface area contributed by atoms with E-state index in [0.29, 0.717) is 19.5 Å². The van der Waals surface area contributed by atoms with Crippen molar-refractivity contribution >= 4 is 5.91 Å². The fraction of sp³-hybridized carbons (Fsp3) is 0.429. The van der Waals surface area contributed by atoms with Gasteiger partial charge in [0.2, 0.25) is 0 Å². The molecule has 0 saturated carbocycles. The van der Waals surface area contributed by atoms with Gasteiger partial charge in [0, 0.05) is 38.5 Å². The Morgan fingerprint density at radius 3 is 2.70 bits per heavy atom. The number of aliphatic hydroxyl groups excluding tert-OH is 1. The Morgan fingerprint density at radius 2 is 1.96 bits per heavy atom. The highest BCUT2D eigenvalue weighted by molar-refractivity contribution is 5.93. The van der Waals surface area contributed by atoms with Crippen LogP contribution in [-0.4, -0.2) is 64.6 Å². The number of carbonyl (C=O) groups is 1. The zero-order valence-corrected chi connectivity index (χ0v) is 15.5. The summed E-state index contributed by atoms with van der Waals surface area (Å²) < 4.78 is 0. The van der Waals surface area contributed by atoms with Gasteiger partial charge in [-0.2, -0.15) is 0 Å². The van der Waals surface area contributed by atoms with Crippen molar-refractivity contribution in [1.29, 1.82) is 0 Å². The molecule has 1 aromatic heterocycles. The minimum Gasteiger partial charge on any atom is -0.396 e. The van der Waals surface area contributed by atoms with Gasteiger partial charge in [-0.05, 0) is 43.5 Å². The Kier molecular flexibility index (Phi) is 6.79. The first-order valence-corrected chi connectivity index (χ1v) is 9.55. The first kappa shape index (κ1) is 19.3. The smallest absolute Gasteiger partial charge is 0.260 e. The summed E-state index contributed by atoms with van der Waals surface area (Å²) in [6, 6.07) is 13.8. The lowest BCUT2D eigenvalue weighted by Crippen LogP contribution is -2.55. The van der Waals surface area contributed by atoms with Gasteiger partial charge in [0.05, 0.1) is 0 Å². The second kappa shape index (κ2) is 9.48. The maximum Gasteiger partial charge on any atom is 0.260 e. The number of hydrogen-bond acceptors (Lipinski definition) is 4. The number of benzene rings is 1. The third kappa shape index (κ3) is 5.05. The molecular weight excluding hydrogens is 342 g/mol. The zero-order chi connectivity index (χ0) is 19.1. The summed E-state index contributed by atoms with van der Waals surface area (Å²) in [7, 11) is 0. The van der Waals surface area contributed by atoms with E-state index in [1.807, 2.05) is 6.07 Å². The lowest BCUT2D eigenvalue weighted by atomic mass is 10.1. The normalized spacial score (nSPS) is 17.8. The molecule has 1 aromatic carbocycles. The van der Waals surface area contributed by atoms with Gasteiger partial charge >= 0.3 is 0 Å². The Morgan fingerprint density at radius 1 is 1.15 bits per heavy atom. The number of piperazine rings is 1. The van der Waals surface area contributed by atoms with Crippen molar-refractivity contribution in [3.05, 3.63) is 70.1 Å². The Hall–Kier alpha value is -2.44. The van der Waals surface area contributed by atoms with Gasteiger partial charge in [0.15, 0.2) is 0 Å². The molecule has 2 N–H and O–H groups in total. The van der Waals surface area contributed by atoms with Crippen LogP contribution in [0.15, 0.2) is 53.5 Å². The predicted octanol–water partition coefficient (Wildman–Crippen LogP) is 1.52. The first-order valence-electron chi connectivity index (χ1n) is 9.55. The monoisotopic (exact) mass is 369 g/mol. The van der Waals surface area contributed by atoms with E-state index in [0.717, 1.165) is 25.9 Å². The highest BCUT2D eigenvalue weighted by Gasteiger charge is 2.30. The van der Waals surface area contributed by atoms with Crippen molar-refractivity contribution in [2.45, 2.75) is 25.3 Å². The number of aromatic amines is 1. The third-order valence-corrected chi connectivity index (χ3v) is 5.16. The van der Waals surface area contributed by atoms with Gasteiger partial charge in [-0.15, -0.1) is 0 Å². The summed E-state index contributed by atoms with van der Waals surface area (Å²) in [4.78, 5) is 31.2. The lowest BCUT2D eigenvalue weighted by Gasteiger charge is -2.41.